The Kier molecular flexibility index (Phi) is 31.3. The van der Waals surface area contributed by atoms with E-state index < -0.39 is 25.1 Å². The summed E-state index contributed by atoms with van der Waals surface area (Å²) in [5.41, 5.74) is 0. The van der Waals surface area contributed by atoms with Gasteiger partial charge in [0.25, 0.3) is 0 Å². The second-order valence-electron chi connectivity index (χ2n) is 4.76. The molecular weight excluding hydrogens is 304 g/mol. The Labute approximate surface area is 148 Å². The standard InChI is InChI=1S/C14H28O2.Mg.2O.Ti.2H/c1-2-3-4-5-6-7-8-9-10-11-12-13-14(15)16;;;;;;/h2-13H2,1H3,(H,15,16);;;;;;. The SMILES string of the molecule is CCCCCCCCCCCCCC(=O)O.[MgH2].[O]=[Ti]=[O]. The van der Waals surface area contributed by atoms with Crippen molar-refractivity contribution in [3.05, 3.63) is 0 Å². The van der Waals surface area contributed by atoms with E-state index in [0.717, 1.165) is 12.8 Å². The molecule has 0 bridgehead atoms. The second-order valence-corrected chi connectivity index (χ2v) is 5.02. The third kappa shape index (κ3) is 31.1. The normalized spacial score (nSPS) is 8.85. The molecule has 0 aromatic carbocycles. The Morgan fingerprint density at radius 3 is 1.40 bits per heavy atom. The number of hydrogen-bond donors (Lipinski definition) is 1. The number of aliphatic carboxylic acids is 1. The van der Waals surface area contributed by atoms with Crippen LogP contribution in [0.2, 0.25) is 0 Å². The number of carbonyl (C=O) groups is 1. The van der Waals surface area contributed by atoms with Gasteiger partial charge in [-0.05, 0) is 6.42 Å². The van der Waals surface area contributed by atoms with E-state index in [9.17, 15) is 4.79 Å². The molecule has 0 saturated heterocycles. The van der Waals surface area contributed by atoms with Crippen molar-refractivity contribution in [2.75, 3.05) is 0 Å². The van der Waals surface area contributed by atoms with E-state index in [1.807, 2.05) is 0 Å². The Bertz CT molecular complexity index is 231. The molecule has 116 valence electrons. The maximum atomic E-state index is 10.3. The number of rotatable bonds is 12. The molecule has 0 aromatic heterocycles. The van der Waals surface area contributed by atoms with Gasteiger partial charge >= 0.3 is 54.8 Å². The summed E-state index contributed by atoms with van der Waals surface area (Å²) >= 11 is -2.00. The molecule has 0 saturated carbocycles. The van der Waals surface area contributed by atoms with E-state index in [-0.39, 0.29) is 23.1 Å². The minimum atomic E-state index is -2.00. The molecule has 0 aromatic rings. The molecule has 20 heavy (non-hydrogen) atoms. The van der Waals surface area contributed by atoms with Crippen LogP contribution < -0.4 is 0 Å². The van der Waals surface area contributed by atoms with Crippen molar-refractivity contribution in [3.63, 3.8) is 0 Å². The van der Waals surface area contributed by atoms with Crippen LogP contribution in [0.25, 0.3) is 0 Å². The fourth-order valence-electron chi connectivity index (χ4n) is 1.94. The van der Waals surface area contributed by atoms with Gasteiger partial charge in [0.15, 0.2) is 0 Å². The minimum absolute atomic E-state index is 0. The van der Waals surface area contributed by atoms with E-state index in [4.69, 9.17) is 11.8 Å². The monoisotopic (exact) mass is 334 g/mol. The van der Waals surface area contributed by atoms with E-state index >= 15 is 0 Å². The molecule has 0 fully saturated rings. The van der Waals surface area contributed by atoms with E-state index in [1.54, 1.807) is 0 Å². The van der Waals surface area contributed by atoms with Crippen molar-refractivity contribution in [1.29, 1.82) is 0 Å². The molecule has 0 heterocycles. The average Bonchev–Trinajstić information content (AvgIpc) is 2.36. The molecular formula is C14H30MgO4Ti. The zero-order valence-corrected chi connectivity index (χ0v) is 13.7. The van der Waals surface area contributed by atoms with Gasteiger partial charge < -0.3 is 5.11 Å². The van der Waals surface area contributed by atoms with Crippen molar-refractivity contribution in [2.45, 2.75) is 84.0 Å². The van der Waals surface area contributed by atoms with Crippen LogP contribution in [0.3, 0.4) is 0 Å². The van der Waals surface area contributed by atoms with Gasteiger partial charge in [0.1, 0.15) is 0 Å². The molecule has 0 aliphatic heterocycles. The van der Waals surface area contributed by atoms with Gasteiger partial charge in [-0.1, -0.05) is 71.1 Å². The molecule has 6 heteroatoms. The molecule has 0 amide bonds. The quantitative estimate of drug-likeness (QED) is 0.437. The molecule has 0 aliphatic rings. The number of carboxylic acids is 1. The Morgan fingerprint density at radius 2 is 1.10 bits per heavy atom. The summed E-state index contributed by atoms with van der Waals surface area (Å²) in [5.74, 6) is -0.657. The van der Waals surface area contributed by atoms with Gasteiger partial charge in [-0.25, -0.2) is 0 Å². The van der Waals surface area contributed by atoms with Crippen LogP contribution in [0, 0.1) is 0 Å². The van der Waals surface area contributed by atoms with Crippen LogP contribution in [0.4, 0.5) is 0 Å². The van der Waals surface area contributed by atoms with Crippen LogP contribution in [0.15, 0.2) is 0 Å². The van der Waals surface area contributed by atoms with Gasteiger partial charge in [-0.3, -0.25) is 4.79 Å². The molecule has 0 aliphatic carbocycles. The fraction of sp³-hybridized carbons (Fsp3) is 0.929. The van der Waals surface area contributed by atoms with Crippen LogP contribution in [0.5, 0.6) is 0 Å². The van der Waals surface area contributed by atoms with Gasteiger partial charge in [-0.15, -0.1) is 0 Å². The predicted molar refractivity (Wildman–Crippen MR) is 78.6 cm³/mol. The van der Waals surface area contributed by atoms with Crippen molar-refractivity contribution in [1.82, 2.24) is 0 Å². The number of hydrogen-bond acceptors (Lipinski definition) is 3. The fourth-order valence-corrected chi connectivity index (χ4v) is 1.94. The summed E-state index contributed by atoms with van der Waals surface area (Å²) < 4.78 is 17.0. The van der Waals surface area contributed by atoms with Crippen molar-refractivity contribution >= 4 is 29.0 Å². The second kappa shape index (κ2) is 24.6. The van der Waals surface area contributed by atoms with Crippen LogP contribution >= 0.6 is 0 Å². The third-order valence-corrected chi connectivity index (χ3v) is 2.99. The summed E-state index contributed by atoms with van der Waals surface area (Å²) in [6.45, 7) is 2.25. The predicted octanol–water partition coefficient (Wildman–Crippen LogP) is 3.62. The molecule has 0 rings (SSSR count). The Balaban J connectivity index is -0.000000657. The number of carboxylic acid groups (broad SMARTS) is 1. The summed E-state index contributed by atoms with van der Waals surface area (Å²) in [4.78, 5) is 10.3. The van der Waals surface area contributed by atoms with Crippen molar-refractivity contribution in [2.24, 2.45) is 0 Å². The maximum absolute atomic E-state index is 10.3. The molecule has 0 radical (unpaired) electrons. The van der Waals surface area contributed by atoms with Crippen molar-refractivity contribution < 1.29 is 35.6 Å². The first-order valence-corrected chi connectivity index (χ1v) is 8.67. The first-order chi connectivity index (χ1) is 9.18. The van der Waals surface area contributed by atoms with Crippen LogP contribution in [-0.2, 0) is 30.5 Å². The Hall–Kier alpha value is 0.551. The summed E-state index contributed by atoms with van der Waals surface area (Å²) in [7, 11) is 0. The van der Waals surface area contributed by atoms with Crippen LogP contribution in [-0.4, -0.2) is 34.1 Å². The first-order valence-electron chi connectivity index (χ1n) is 7.40. The van der Waals surface area contributed by atoms with Gasteiger partial charge in [-0.2, -0.15) is 0 Å². The van der Waals surface area contributed by atoms with Crippen LogP contribution in [0.1, 0.15) is 84.0 Å². The van der Waals surface area contributed by atoms with Gasteiger partial charge in [0.2, 0.25) is 0 Å². The van der Waals surface area contributed by atoms with E-state index in [0.29, 0.717) is 6.42 Å². The summed E-state index contributed by atoms with van der Waals surface area (Å²) in [6, 6.07) is 0. The molecule has 0 spiro atoms. The van der Waals surface area contributed by atoms with Crippen molar-refractivity contribution in [3.8, 4) is 0 Å². The summed E-state index contributed by atoms with van der Waals surface area (Å²) in [5, 5.41) is 8.46. The number of unbranched alkanes of at least 4 members (excludes halogenated alkanes) is 10. The average molecular weight is 335 g/mol. The summed E-state index contributed by atoms with van der Waals surface area (Å²) in [6.07, 6.45) is 14.4. The topological polar surface area (TPSA) is 71.4 Å². The molecule has 0 atom stereocenters. The molecule has 4 nitrogen and oxygen atoms in total. The Morgan fingerprint density at radius 1 is 0.800 bits per heavy atom. The first kappa shape index (κ1) is 25.5. The zero-order valence-electron chi connectivity index (χ0n) is 12.2. The van der Waals surface area contributed by atoms with Gasteiger partial charge in [0, 0.05) is 6.42 Å². The molecule has 0 unspecified atom stereocenters. The zero-order chi connectivity index (χ0) is 14.8. The van der Waals surface area contributed by atoms with Gasteiger partial charge in [0.05, 0.1) is 0 Å². The molecule has 1 N–H and O–H groups in total. The van der Waals surface area contributed by atoms with E-state index in [2.05, 4.69) is 6.92 Å². The van der Waals surface area contributed by atoms with E-state index in [1.165, 1.54) is 57.8 Å². The third-order valence-electron chi connectivity index (χ3n) is 2.99.